The summed E-state index contributed by atoms with van der Waals surface area (Å²) >= 11 is 0. The normalized spacial score (nSPS) is 24.3. The minimum absolute atomic E-state index is 0.0521. The molecule has 2 aromatic heterocycles. The van der Waals surface area contributed by atoms with E-state index in [0.29, 0.717) is 36.7 Å². The molecule has 4 rings (SSSR count). The largest absolute Gasteiger partial charge is 0.410 e. The molecule has 4 heterocycles. The third kappa shape index (κ3) is 4.04. The van der Waals surface area contributed by atoms with E-state index >= 15 is 0 Å². The van der Waals surface area contributed by atoms with E-state index in [9.17, 15) is 18.0 Å². The Balaban J connectivity index is 1.53. The van der Waals surface area contributed by atoms with E-state index in [1.54, 1.807) is 29.6 Å². The molecule has 3 atom stereocenters. The smallest absolute Gasteiger partial charge is 0.368 e. The second-order valence-corrected chi connectivity index (χ2v) is 9.76. The number of nitrogens with zero attached hydrogens (tertiary/aromatic N) is 5. The van der Waals surface area contributed by atoms with Crippen molar-refractivity contribution in [3.63, 3.8) is 0 Å². The summed E-state index contributed by atoms with van der Waals surface area (Å²) < 4.78 is 43.2. The van der Waals surface area contributed by atoms with E-state index in [1.165, 1.54) is 0 Å². The summed E-state index contributed by atoms with van der Waals surface area (Å²) in [5, 5.41) is 11.9. The fourth-order valence-electron chi connectivity index (χ4n) is 4.36. The van der Waals surface area contributed by atoms with Crippen molar-refractivity contribution in [3.05, 3.63) is 29.2 Å². The Morgan fingerprint density at radius 1 is 1.19 bits per heavy atom. The van der Waals surface area contributed by atoms with Gasteiger partial charge in [-0.05, 0) is 25.8 Å². The first-order valence-corrected chi connectivity index (χ1v) is 10.6. The molecule has 0 unspecified atom stereocenters. The van der Waals surface area contributed by atoms with Gasteiger partial charge < -0.3 is 10.2 Å². The third-order valence-electron chi connectivity index (χ3n) is 6.16. The van der Waals surface area contributed by atoms with Gasteiger partial charge in [-0.15, -0.1) is 0 Å². The molecular formula is C21H29F3N6O. The van der Waals surface area contributed by atoms with Crippen molar-refractivity contribution >= 4 is 11.7 Å². The number of halogens is 3. The summed E-state index contributed by atoms with van der Waals surface area (Å²) in [7, 11) is 1.75. The highest BCUT2D eigenvalue weighted by atomic mass is 19.4. The molecule has 2 aliphatic rings. The van der Waals surface area contributed by atoms with E-state index in [0.717, 1.165) is 10.4 Å². The van der Waals surface area contributed by atoms with Crippen molar-refractivity contribution < 1.29 is 18.0 Å². The van der Waals surface area contributed by atoms with Crippen molar-refractivity contribution in [2.24, 2.45) is 7.05 Å². The zero-order chi connectivity index (χ0) is 22.7. The summed E-state index contributed by atoms with van der Waals surface area (Å²) in [6, 6.07) is 1.61. The van der Waals surface area contributed by atoms with Crippen LogP contribution in [0.3, 0.4) is 0 Å². The van der Waals surface area contributed by atoms with Crippen LogP contribution in [0.15, 0.2) is 12.1 Å². The average Bonchev–Trinajstić information content (AvgIpc) is 3.36. The molecule has 0 bridgehead atoms. The van der Waals surface area contributed by atoms with Crippen molar-refractivity contribution in [2.45, 2.75) is 70.1 Å². The van der Waals surface area contributed by atoms with Gasteiger partial charge in [0.25, 0.3) is 5.91 Å². The standard InChI is InChI=1S/C21H29F3N6O/c1-12-8-17(21(22,23)24)30-18(25-12)9-14(26-30)13-6-7-29(11-13)19(31)15-10-16(20(2,3)4)27-28(15)5/h9-10,12-13,17,25H,6-8,11H2,1-5H3/t12-,13+,17-/m1/s1. The van der Waals surface area contributed by atoms with Gasteiger partial charge in [0.15, 0.2) is 6.04 Å². The number of carbonyl (C=O) groups excluding carboxylic acids is 1. The number of likely N-dealkylation sites (tertiary alicyclic amines) is 1. The van der Waals surface area contributed by atoms with Crippen LogP contribution in [0.5, 0.6) is 0 Å². The predicted molar refractivity (Wildman–Crippen MR) is 110 cm³/mol. The number of hydrogen-bond acceptors (Lipinski definition) is 4. The molecule has 1 saturated heterocycles. The molecule has 1 amide bonds. The number of aromatic nitrogens is 4. The van der Waals surface area contributed by atoms with E-state index in [4.69, 9.17) is 0 Å². The topological polar surface area (TPSA) is 68.0 Å². The average molecular weight is 438 g/mol. The zero-order valence-electron chi connectivity index (χ0n) is 18.5. The summed E-state index contributed by atoms with van der Waals surface area (Å²) in [5.74, 6) is 0.183. The summed E-state index contributed by atoms with van der Waals surface area (Å²) in [5.41, 5.74) is 1.79. The third-order valence-corrected chi connectivity index (χ3v) is 6.16. The van der Waals surface area contributed by atoms with E-state index in [2.05, 4.69) is 15.5 Å². The first-order chi connectivity index (χ1) is 14.3. The van der Waals surface area contributed by atoms with Gasteiger partial charge in [-0.25, -0.2) is 4.68 Å². The van der Waals surface area contributed by atoms with Crippen LogP contribution in [-0.2, 0) is 12.5 Å². The lowest BCUT2D eigenvalue weighted by Gasteiger charge is -2.31. The second kappa shape index (κ2) is 7.27. The number of anilines is 1. The van der Waals surface area contributed by atoms with Crippen LogP contribution >= 0.6 is 0 Å². The van der Waals surface area contributed by atoms with Crippen molar-refractivity contribution in [1.82, 2.24) is 24.5 Å². The quantitative estimate of drug-likeness (QED) is 0.774. The molecule has 0 spiro atoms. The highest BCUT2D eigenvalue weighted by molar-refractivity contribution is 5.93. The van der Waals surface area contributed by atoms with Gasteiger partial charge in [0, 0.05) is 43.6 Å². The lowest BCUT2D eigenvalue weighted by molar-refractivity contribution is -0.173. The van der Waals surface area contributed by atoms with Crippen molar-refractivity contribution in [2.75, 3.05) is 18.4 Å². The van der Waals surface area contributed by atoms with Gasteiger partial charge in [-0.2, -0.15) is 23.4 Å². The number of rotatable bonds is 2. The number of fused-ring (bicyclic) bond motifs is 1. The molecular weight excluding hydrogens is 409 g/mol. The van der Waals surface area contributed by atoms with Gasteiger partial charge in [0.1, 0.15) is 11.5 Å². The SMILES string of the molecule is C[C@@H]1C[C@H](C(F)(F)F)n2nc([C@H]3CCN(C(=O)c4cc(C(C)(C)C)nn4C)C3)cc2N1. The van der Waals surface area contributed by atoms with Crippen molar-refractivity contribution in [1.29, 1.82) is 0 Å². The molecule has 31 heavy (non-hydrogen) atoms. The number of nitrogens with one attached hydrogen (secondary N) is 1. The Kier molecular flexibility index (Phi) is 5.09. The number of hydrogen-bond donors (Lipinski definition) is 1. The van der Waals surface area contributed by atoms with E-state index in [-0.39, 0.29) is 29.7 Å². The predicted octanol–water partition coefficient (Wildman–Crippen LogP) is 3.85. The lowest BCUT2D eigenvalue weighted by Crippen LogP contribution is -2.37. The molecule has 170 valence electrons. The second-order valence-electron chi connectivity index (χ2n) is 9.76. The molecule has 1 N–H and O–H groups in total. The fourth-order valence-corrected chi connectivity index (χ4v) is 4.36. The van der Waals surface area contributed by atoms with Crippen LogP contribution < -0.4 is 5.32 Å². The molecule has 2 aromatic rings. The highest BCUT2D eigenvalue weighted by Crippen LogP contribution is 2.41. The Morgan fingerprint density at radius 3 is 2.52 bits per heavy atom. The molecule has 0 saturated carbocycles. The minimum Gasteiger partial charge on any atom is -0.368 e. The van der Waals surface area contributed by atoms with Crippen LogP contribution in [0.25, 0.3) is 0 Å². The van der Waals surface area contributed by atoms with Crippen LogP contribution in [0.2, 0.25) is 0 Å². The molecule has 10 heteroatoms. The first-order valence-electron chi connectivity index (χ1n) is 10.6. The monoisotopic (exact) mass is 438 g/mol. The molecule has 0 aliphatic carbocycles. The summed E-state index contributed by atoms with van der Waals surface area (Å²) in [6.07, 6.45) is -3.74. The Bertz CT molecular complexity index is 986. The Morgan fingerprint density at radius 2 is 1.90 bits per heavy atom. The van der Waals surface area contributed by atoms with Gasteiger partial charge in [-0.3, -0.25) is 9.48 Å². The van der Waals surface area contributed by atoms with Crippen LogP contribution in [-0.4, -0.2) is 55.7 Å². The van der Waals surface area contributed by atoms with E-state index < -0.39 is 12.2 Å². The Labute approximate surface area is 179 Å². The number of carbonyl (C=O) groups is 1. The van der Waals surface area contributed by atoms with Gasteiger partial charge in [0.2, 0.25) is 0 Å². The number of alkyl halides is 3. The van der Waals surface area contributed by atoms with Crippen LogP contribution in [0.4, 0.5) is 19.0 Å². The molecule has 0 radical (unpaired) electrons. The number of amides is 1. The maximum absolute atomic E-state index is 13.5. The molecule has 7 nitrogen and oxygen atoms in total. The van der Waals surface area contributed by atoms with Crippen molar-refractivity contribution in [3.8, 4) is 0 Å². The van der Waals surface area contributed by atoms with Crippen LogP contribution in [0, 0.1) is 0 Å². The van der Waals surface area contributed by atoms with Gasteiger partial charge in [0.05, 0.1) is 11.4 Å². The molecule has 0 aromatic carbocycles. The Hall–Kier alpha value is -2.52. The molecule has 2 aliphatic heterocycles. The fraction of sp³-hybridized carbons (Fsp3) is 0.667. The van der Waals surface area contributed by atoms with Gasteiger partial charge >= 0.3 is 6.18 Å². The van der Waals surface area contributed by atoms with E-state index in [1.807, 2.05) is 26.8 Å². The lowest BCUT2D eigenvalue weighted by atomic mass is 9.92. The summed E-state index contributed by atoms with van der Waals surface area (Å²) in [4.78, 5) is 14.8. The maximum atomic E-state index is 13.5. The minimum atomic E-state index is -4.35. The zero-order valence-corrected chi connectivity index (χ0v) is 18.5. The van der Waals surface area contributed by atoms with Gasteiger partial charge in [-0.1, -0.05) is 20.8 Å². The van der Waals surface area contributed by atoms with Crippen LogP contribution in [0.1, 0.15) is 74.4 Å². The first kappa shape index (κ1) is 21.7. The maximum Gasteiger partial charge on any atom is 0.410 e. The highest BCUT2D eigenvalue weighted by Gasteiger charge is 2.46. The molecule has 1 fully saturated rings. The summed E-state index contributed by atoms with van der Waals surface area (Å²) in [6.45, 7) is 8.83. The number of aryl methyl sites for hydroxylation is 1.